The average molecular weight is 498 g/mol. The second-order valence-corrected chi connectivity index (χ2v) is 9.30. The fourth-order valence-corrected chi connectivity index (χ4v) is 5.19. The molecule has 2 aliphatic rings. The molecule has 2 aliphatic carbocycles. The van der Waals surface area contributed by atoms with Crippen LogP contribution in [0.25, 0.3) is 0 Å². The zero-order chi connectivity index (χ0) is 26.1. The van der Waals surface area contributed by atoms with Crippen molar-refractivity contribution in [2.24, 2.45) is 0 Å². The number of carbonyl (C=O) groups is 4. The van der Waals surface area contributed by atoms with E-state index in [2.05, 4.69) is 0 Å². The number of nitro benzene ring substituents is 1. The summed E-state index contributed by atoms with van der Waals surface area (Å²) in [5.74, 6) is -2.35. The second-order valence-electron chi connectivity index (χ2n) is 9.30. The normalized spacial score (nSPS) is 15.0. The Morgan fingerprint density at radius 3 is 2.14 bits per heavy atom. The Morgan fingerprint density at radius 1 is 0.838 bits per heavy atom. The lowest BCUT2D eigenvalue weighted by atomic mass is 9.82. The molecule has 0 aromatic heterocycles. The van der Waals surface area contributed by atoms with Gasteiger partial charge in [-0.2, -0.15) is 0 Å². The predicted octanol–water partition coefficient (Wildman–Crippen LogP) is 5.46. The van der Waals surface area contributed by atoms with Gasteiger partial charge in [0.05, 0.1) is 4.92 Å². The van der Waals surface area contributed by atoms with Crippen molar-refractivity contribution in [1.82, 2.24) is 0 Å². The number of carbonyl (C=O) groups excluding carboxylic acids is 4. The minimum atomic E-state index is -1.12. The van der Waals surface area contributed by atoms with Gasteiger partial charge in [-0.15, -0.1) is 0 Å². The van der Waals surface area contributed by atoms with Crippen molar-refractivity contribution in [3.05, 3.63) is 110 Å². The van der Waals surface area contributed by atoms with Gasteiger partial charge in [-0.3, -0.25) is 24.5 Å². The quantitative estimate of drug-likeness (QED) is 0.150. The maximum Gasteiger partial charge on any atom is 0.345 e. The maximum absolute atomic E-state index is 13.1. The van der Waals surface area contributed by atoms with Gasteiger partial charge in [0.1, 0.15) is 11.1 Å². The van der Waals surface area contributed by atoms with Crippen molar-refractivity contribution < 1.29 is 28.8 Å². The first-order valence-electron chi connectivity index (χ1n) is 12.2. The average Bonchev–Trinajstić information content (AvgIpc) is 2.94. The minimum absolute atomic E-state index is 0.0282. The molecule has 3 aromatic carbocycles. The number of ether oxygens (including phenoxy) is 1. The summed E-state index contributed by atoms with van der Waals surface area (Å²) in [5, 5.41) is 12.0. The maximum atomic E-state index is 13.1. The van der Waals surface area contributed by atoms with Gasteiger partial charge in [0, 0.05) is 22.3 Å². The Balaban J connectivity index is 1.36. The largest absolute Gasteiger partial charge is 0.454 e. The van der Waals surface area contributed by atoms with Crippen molar-refractivity contribution in [3.8, 4) is 0 Å². The van der Waals surface area contributed by atoms with E-state index in [0.29, 0.717) is 11.5 Å². The van der Waals surface area contributed by atoms with Gasteiger partial charge in [0.15, 0.2) is 18.2 Å². The van der Waals surface area contributed by atoms with E-state index in [1.807, 2.05) is 12.1 Å². The summed E-state index contributed by atoms with van der Waals surface area (Å²) in [5.41, 5.74) is -0.188. The van der Waals surface area contributed by atoms with E-state index in [0.717, 1.165) is 18.9 Å². The molecular formula is C29H23NO7. The lowest BCUT2D eigenvalue weighted by Crippen LogP contribution is -2.24. The zero-order valence-electron chi connectivity index (χ0n) is 19.9. The first-order valence-corrected chi connectivity index (χ1v) is 12.2. The number of fused-ring (bicyclic) bond motifs is 2. The Hall–Kier alpha value is -4.46. The molecule has 8 nitrogen and oxygen atoms in total. The van der Waals surface area contributed by atoms with Crippen LogP contribution in [0.4, 0.5) is 5.69 Å². The third kappa shape index (κ3) is 4.46. The molecule has 3 aromatic rings. The molecule has 8 heteroatoms. The monoisotopic (exact) mass is 497 g/mol. The van der Waals surface area contributed by atoms with E-state index in [1.165, 1.54) is 43.0 Å². The third-order valence-electron chi connectivity index (χ3n) is 7.11. The topological polar surface area (TPSA) is 121 Å². The Bertz CT molecular complexity index is 1450. The van der Waals surface area contributed by atoms with E-state index >= 15 is 0 Å². The van der Waals surface area contributed by atoms with Crippen molar-refractivity contribution in [2.75, 3.05) is 6.61 Å². The van der Waals surface area contributed by atoms with Crippen molar-refractivity contribution in [2.45, 2.75) is 38.0 Å². The fourth-order valence-electron chi connectivity index (χ4n) is 5.19. The number of rotatable bonds is 6. The van der Waals surface area contributed by atoms with E-state index in [4.69, 9.17) is 4.74 Å². The smallest absolute Gasteiger partial charge is 0.345 e. The highest BCUT2D eigenvalue weighted by molar-refractivity contribution is 6.30. The van der Waals surface area contributed by atoms with Crippen LogP contribution in [0.2, 0.25) is 0 Å². The SMILES string of the molecule is O=C(COC(=O)c1ccc2c(c1[N+](=O)[O-])C(=O)c1ccccc1C2=O)c1ccc(C2CCCCC2)cc1. The molecule has 0 radical (unpaired) electrons. The van der Waals surface area contributed by atoms with Gasteiger partial charge in [0.25, 0.3) is 5.69 Å². The highest BCUT2D eigenvalue weighted by Gasteiger charge is 2.39. The molecule has 186 valence electrons. The molecule has 0 aliphatic heterocycles. The molecule has 0 heterocycles. The lowest BCUT2D eigenvalue weighted by Gasteiger charge is -2.22. The summed E-state index contributed by atoms with van der Waals surface area (Å²) in [4.78, 5) is 62.5. The van der Waals surface area contributed by atoms with Crippen molar-refractivity contribution in [1.29, 1.82) is 0 Å². The van der Waals surface area contributed by atoms with Crippen molar-refractivity contribution >= 4 is 29.0 Å². The molecule has 0 atom stereocenters. The molecule has 1 fully saturated rings. The summed E-state index contributed by atoms with van der Waals surface area (Å²) in [6.45, 7) is -0.619. The molecule has 0 saturated heterocycles. The summed E-state index contributed by atoms with van der Waals surface area (Å²) < 4.78 is 5.12. The second kappa shape index (κ2) is 9.89. The van der Waals surface area contributed by atoms with Crippen LogP contribution in [0.3, 0.4) is 0 Å². The molecule has 0 amide bonds. The third-order valence-corrected chi connectivity index (χ3v) is 7.11. The number of hydrogen-bond donors (Lipinski definition) is 0. The first-order chi connectivity index (χ1) is 17.9. The number of benzene rings is 3. The van der Waals surface area contributed by atoms with Crippen LogP contribution in [0.1, 0.15) is 96.1 Å². The molecule has 0 spiro atoms. The molecule has 1 saturated carbocycles. The minimum Gasteiger partial charge on any atom is -0.454 e. The van der Waals surface area contributed by atoms with Crippen LogP contribution >= 0.6 is 0 Å². The van der Waals surface area contributed by atoms with Crippen LogP contribution in [-0.2, 0) is 4.74 Å². The van der Waals surface area contributed by atoms with Crippen molar-refractivity contribution in [3.63, 3.8) is 0 Å². The molecule has 0 N–H and O–H groups in total. The fraction of sp³-hybridized carbons (Fsp3) is 0.241. The van der Waals surface area contributed by atoms with Crippen LogP contribution in [-0.4, -0.2) is 34.8 Å². The lowest BCUT2D eigenvalue weighted by molar-refractivity contribution is -0.385. The van der Waals surface area contributed by atoms with Crippen LogP contribution in [0, 0.1) is 10.1 Å². The van der Waals surface area contributed by atoms with Gasteiger partial charge < -0.3 is 4.74 Å². The standard InChI is InChI=1S/C29H23NO7/c31-24(19-12-10-18(11-13-19)17-6-2-1-3-7-17)16-37-29(34)23-15-14-22-25(26(23)30(35)36)28(33)21-9-5-4-8-20(21)27(22)32/h4-5,8-15,17H,1-3,6-7,16H2. The van der Waals surface area contributed by atoms with Crippen LogP contribution < -0.4 is 0 Å². The van der Waals surface area contributed by atoms with E-state index in [9.17, 15) is 29.3 Å². The molecule has 5 rings (SSSR count). The predicted molar refractivity (Wildman–Crippen MR) is 133 cm³/mol. The number of esters is 1. The number of nitro groups is 1. The summed E-state index contributed by atoms with van der Waals surface area (Å²) in [6, 6.07) is 15.5. The molecule has 37 heavy (non-hydrogen) atoms. The number of hydrogen-bond acceptors (Lipinski definition) is 7. The van der Waals surface area contributed by atoms with Crippen LogP contribution in [0.5, 0.6) is 0 Å². The number of Topliss-reactive ketones (excluding diaryl/α,β-unsaturated/α-hetero) is 1. The summed E-state index contributed by atoms with van der Waals surface area (Å²) in [7, 11) is 0. The summed E-state index contributed by atoms with van der Waals surface area (Å²) in [6.07, 6.45) is 5.90. The molecule has 0 unspecified atom stereocenters. The van der Waals surface area contributed by atoms with Gasteiger partial charge in [-0.1, -0.05) is 67.8 Å². The summed E-state index contributed by atoms with van der Waals surface area (Å²) >= 11 is 0. The first kappa shape index (κ1) is 24.2. The van der Waals surface area contributed by atoms with E-state index < -0.39 is 51.7 Å². The highest BCUT2D eigenvalue weighted by atomic mass is 16.6. The number of nitrogens with zero attached hydrogens (tertiary/aromatic N) is 1. The van der Waals surface area contributed by atoms with Gasteiger partial charge >= 0.3 is 5.97 Å². The Morgan fingerprint density at radius 2 is 1.49 bits per heavy atom. The Labute approximate surface area is 212 Å². The highest BCUT2D eigenvalue weighted by Crippen LogP contribution is 2.36. The van der Waals surface area contributed by atoms with Gasteiger partial charge in [-0.05, 0) is 36.5 Å². The number of ketones is 3. The van der Waals surface area contributed by atoms with Gasteiger partial charge in [-0.25, -0.2) is 4.79 Å². The zero-order valence-corrected chi connectivity index (χ0v) is 19.9. The van der Waals surface area contributed by atoms with Crippen LogP contribution in [0.15, 0.2) is 60.7 Å². The van der Waals surface area contributed by atoms with Gasteiger partial charge in [0.2, 0.25) is 5.78 Å². The Kier molecular flexibility index (Phi) is 6.48. The van der Waals surface area contributed by atoms with E-state index in [1.54, 1.807) is 24.3 Å². The molecule has 0 bridgehead atoms. The van der Waals surface area contributed by atoms with E-state index in [-0.39, 0.29) is 16.7 Å². The molecular weight excluding hydrogens is 474 g/mol.